The first-order valence-electron chi connectivity index (χ1n) is 5.34. The fourth-order valence-electron chi connectivity index (χ4n) is 1.79. The van der Waals surface area contributed by atoms with Gasteiger partial charge in [0, 0.05) is 12.7 Å². The number of amides is 2. The summed E-state index contributed by atoms with van der Waals surface area (Å²) in [5.74, 6) is 0. The van der Waals surface area contributed by atoms with Crippen molar-refractivity contribution in [2.45, 2.75) is 24.9 Å². The standard InChI is InChI=1S/C11H16N4O/c1-13-11(3-4-11)9-6-8(2-5-14-9)7-15-10(12)16/h2,5-6,13H,3-4,7H2,1H3,(H3,12,15,16). The number of carbonyl (C=O) groups excluding carboxylic acids is 1. The van der Waals surface area contributed by atoms with Gasteiger partial charge in [0.05, 0.1) is 11.2 Å². The molecular formula is C11H16N4O. The third kappa shape index (κ3) is 2.14. The van der Waals surface area contributed by atoms with Gasteiger partial charge < -0.3 is 16.4 Å². The largest absolute Gasteiger partial charge is 0.352 e. The van der Waals surface area contributed by atoms with E-state index in [1.807, 2.05) is 19.2 Å². The molecule has 0 unspecified atom stereocenters. The van der Waals surface area contributed by atoms with E-state index in [-0.39, 0.29) is 5.54 Å². The van der Waals surface area contributed by atoms with Gasteiger partial charge >= 0.3 is 6.03 Å². The van der Waals surface area contributed by atoms with E-state index >= 15 is 0 Å². The van der Waals surface area contributed by atoms with Crippen molar-refractivity contribution < 1.29 is 4.79 Å². The minimum absolute atomic E-state index is 0.0583. The SMILES string of the molecule is CNC1(c2cc(CNC(N)=O)ccn2)CC1. The molecule has 4 N–H and O–H groups in total. The summed E-state index contributed by atoms with van der Waals surface area (Å²) in [6.07, 6.45) is 4.00. The predicted octanol–water partition coefficient (Wildman–Crippen LogP) is 0.458. The van der Waals surface area contributed by atoms with Gasteiger partial charge in [0.25, 0.3) is 0 Å². The van der Waals surface area contributed by atoms with Crippen LogP contribution >= 0.6 is 0 Å². The number of carbonyl (C=O) groups is 1. The van der Waals surface area contributed by atoms with Gasteiger partial charge in [0.1, 0.15) is 0 Å². The van der Waals surface area contributed by atoms with Gasteiger partial charge in [-0.1, -0.05) is 0 Å². The smallest absolute Gasteiger partial charge is 0.312 e. The molecule has 0 radical (unpaired) electrons. The molecule has 1 heterocycles. The number of aromatic nitrogens is 1. The van der Waals surface area contributed by atoms with Crippen molar-refractivity contribution in [3.63, 3.8) is 0 Å². The molecule has 0 bridgehead atoms. The average Bonchev–Trinajstić information content (AvgIpc) is 3.08. The van der Waals surface area contributed by atoms with Gasteiger partial charge in [-0.3, -0.25) is 4.98 Å². The van der Waals surface area contributed by atoms with Crippen molar-refractivity contribution in [3.8, 4) is 0 Å². The van der Waals surface area contributed by atoms with Crippen molar-refractivity contribution in [1.29, 1.82) is 0 Å². The molecule has 1 aromatic rings. The fraction of sp³-hybridized carbons (Fsp3) is 0.455. The van der Waals surface area contributed by atoms with Crippen molar-refractivity contribution in [3.05, 3.63) is 29.6 Å². The summed E-state index contributed by atoms with van der Waals surface area (Å²) in [6, 6.07) is 3.39. The van der Waals surface area contributed by atoms with Gasteiger partial charge in [0.15, 0.2) is 0 Å². The number of urea groups is 1. The Morgan fingerprint density at radius 2 is 2.38 bits per heavy atom. The minimum atomic E-state index is -0.506. The number of nitrogens with one attached hydrogen (secondary N) is 2. The first kappa shape index (κ1) is 10.9. The van der Waals surface area contributed by atoms with Crippen LogP contribution in [0.25, 0.3) is 0 Å². The molecule has 2 amide bonds. The van der Waals surface area contributed by atoms with Gasteiger partial charge in [-0.15, -0.1) is 0 Å². The summed E-state index contributed by atoms with van der Waals surface area (Å²) in [5, 5.41) is 5.86. The minimum Gasteiger partial charge on any atom is -0.352 e. The molecule has 0 saturated heterocycles. The highest BCUT2D eigenvalue weighted by Gasteiger charge is 2.44. The molecule has 0 aliphatic heterocycles. The van der Waals surface area contributed by atoms with Crippen LogP contribution in [-0.2, 0) is 12.1 Å². The normalized spacial score (nSPS) is 16.8. The molecule has 2 rings (SSSR count). The lowest BCUT2D eigenvalue weighted by Gasteiger charge is -2.14. The molecule has 86 valence electrons. The Balaban J connectivity index is 2.11. The molecule has 1 aromatic heterocycles. The maximum absolute atomic E-state index is 10.6. The maximum Gasteiger partial charge on any atom is 0.312 e. The summed E-state index contributed by atoms with van der Waals surface area (Å²) in [6.45, 7) is 0.449. The van der Waals surface area contributed by atoms with E-state index in [4.69, 9.17) is 5.73 Å². The van der Waals surface area contributed by atoms with Crippen LogP contribution in [0.3, 0.4) is 0 Å². The second-order valence-corrected chi connectivity index (χ2v) is 4.10. The van der Waals surface area contributed by atoms with Crippen molar-refractivity contribution in [2.75, 3.05) is 7.05 Å². The topological polar surface area (TPSA) is 80.0 Å². The Hall–Kier alpha value is -1.62. The summed E-state index contributed by atoms with van der Waals surface area (Å²) < 4.78 is 0. The number of pyridine rings is 1. The lowest BCUT2D eigenvalue weighted by Crippen LogP contribution is -2.29. The van der Waals surface area contributed by atoms with E-state index in [0.717, 1.165) is 24.1 Å². The molecule has 0 spiro atoms. The highest BCUT2D eigenvalue weighted by atomic mass is 16.2. The number of hydrogen-bond acceptors (Lipinski definition) is 3. The van der Waals surface area contributed by atoms with Crippen molar-refractivity contribution in [2.24, 2.45) is 5.73 Å². The van der Waals surface area contributed by atoms with E-state index < -0.39 is 6.03 Å². The molecule has 16 heavy (non-hydrogen) atoms. The second kappa shape index (κ2) is 4.09. The lowest BCUT2D eigenvalue weighted by atomic mass is 10.1. The summed E-state index contributed by atoms with van der Waals surface area (Å²) >= 11 is 0. The summed E-state index contributed by atoms with van der Waals surface area (Å²) in [7, 11) is 1.95. The Morgan fingerprint density at radius 3 is 2.94 bits per heavy atom. The van der Waals surface area contributed by atoms with Crippen LogP contribution in [0, 0.1) is 0 Å². The van der Waals surface area contributed by atoms with Crippen LogP contribution in [0.15, 0.2) is 18.3 Å². The molecule has 1 fully saturated rings. The predicted molar refractivity (Wildman–Crippen MR) is 60.6 cm³/mol. The number of rotatable bonds is 4. The highest BCUT2D eigenvalue weighted by molar-refractivity contribution is 5.71. The third-order valence-corrected chi connectivity index (χ3v) is 3.01. The molecular weight excluding hydrogens is 204 g/mol. The zero-order chi connectivity index (χ0) is 11.6. The van der Waals surface area contributed by atoms with E-state index in [9.17, 15) is 4.79 Å². The van der Waals surface area contributed by atoms with Gasteiger partial charge in [-0.05, 0) is 37.6 Å². The molecule has 5 heteroatoms. The van der Waals surface area contributed by atoms with Gasteiger partial charge in [-0.25, -0.2) is 4.79 Å². The molecule has 1 aliphatic carbocycles. The zero-order valence-corrected chi connectivity index (χ0v) is 9.29. The molecule has 1 aliphatic rings. The van der Waals surface area contributed by atoms with Gasteiger partial charge in [-0.2, -0.15) is 0 Å². The quantitative estimate of drug-likeness (QED) is 0.689. The zero-order valence-electron chi connectivity index (χ0n) is 9.29. The number of nitrogens with two attached hydrogens (primary N) is 1. The Bertz CT molecular complexity index is 401. The van der Waals surface area contributed by atoms with E-state index in [2.05, 4.69) is 15.6 Å². The van der Waals surface area contributed by atoms with Crippen LogP contribution in [0.4, 0.5) is 4.79 Å². The molecule has 0 atom stereocenters. The maximum atomic E-state index is 10.6. The Morgan fingerprint density at radius 1 is 1.62 bits per heavy atom. The second-order valence-electron chi connectivity index (χ2n) is 4.10. The van der Waals surface area contributed by atoms with E-state index in [1.54, 1.807) is 6.20 Å². The summed E-state index contributed by atoms with van der Waals surface area (Å²) in [5.41, 5.74) is 7.14. The molecule has 0 aromatic carbocycles. The van der Waals surface area contributed by atoms with Crippen LogP contribution < -0.4 is 16.4 Å². The third-order valence-electron chi connectivity index (χ3n) is 3.01. The number of hydrogen-bond donors (Lipinski definition) is 3. The fourth-order valence-corrected chi connectivity index (χ4v) is 1.79. The van der Waals surface area contributed by atoms with Crippen molar-refractivity contribution >= 4 is 6.03 Å². The lowest BCUT2D eigenvalue weighted by molar-refractivity contribution is 0.248. The van der Waals surface area contributed by atoms with Crippen molar-refractivity contribution in [1.82, 2.24) is 15.6 Å². The monoisotopic (exact) mass is 220 g/mol. The van der Waals surface area contributed by atoms with Crippen LogP contribution in [-0.4, -0.2) is 18.1 Å². The van der Waals surface area contributed by atoms with Crippen LogP contribution in [0.2, 0.25) is 0 Å². The van der Waals surface area contributed by atoms with Crippen LogP contribution in [0.5, 0.6) is 0 Å². The Labute approximate surface area is 94.4 Å². The summed E-state index contributed by atoms with van der Waals surface area (Å²) in [4.78, 5) is 15.0. The van der Waals surface area contributed by atoms with E-state index in [1.165, 1.54) is 0 Å². The van der Waals surface area contributed by atoms with Crippen LogP contribution in [0.1, 0.15) is 24.1 Å². The number of nitrogens with zero attached hydrogens (tertiary/aromatic N) is 1. The van der Waals surface area contributed by atoms with Gasteiger partial charge in [0.2, 0.25) is 0 Å². The molecule has 5 nitrogen and oxygen atoms in total. The average molecular weight is 220 g/mol. The first-order chi connectivity index (χ1) is 7.66. The van der Waals surface area contributed by atoms with E-state index in [0.29, 0.717) is 6.54 Å². The molecule has 1 saturated carbocycles. The Kier molecular flexibility index (Phi) is 2.78. The first-order valence-corrected chi connectivity index (χ1v) is 5.34. The number of primary amides is 1. The highest BCUT2D eigenvalue weighted by Crippen LogP contribution is 2.44.